The van der Waals surface area contributed by atoms with E-state index in [-0.39, 0.29) is 23.2 Å². The number of hydrogen-bond acceptors (Lipinski definition) is 3. The highest BCUT2D eigenvalue weighted by Crippen LogP contribution is 2.56. The third-order valence-electron chi connectivity index (χ3n) is 6.71. The van der Waals surface area contributed by atoms with Crippen molar-refractivity contribution >= 4 is 0 Å². The average molecular weight is 443 g/mol. The molecule has 34 heavy (non-hydrogen) atoms. The van der Waals surface area contributed by atoms with Crippen molar-refractivity contribution in [2.45, 2.75) is 5.92 Å². The van der Waals surface area contributed by atoms with Gasteiger partial charge in [-0.15, -0.1) is 0 Å². The maximum absolute atomic E-state index is 11.0. The van der Waals surface area contributed by atoms with Gasteiger partial charge in [0.2, 0.25) is 0 Å². The van der Waals surface area contributed by atoms with Crippen molar-refractivity contribution < 1.29 is 15.3 Å². The summed E-state index contributed by atoms with van der Waals surface area (Å²) in [7, 11) is 0. The van der Waals surface area contributed by atoms with Crippen LogP contribution in [-0.2, 0) is 0 Å². The zero-order valence-electron chi connectivity index (χ0n) is 18.3. The van der Waals surface area contributed by atoms with Crippen LogP contribution in [0.5, 0.6) is 17.2 Å². The Bertz CT molecular complexity index is 1550. The molecule has 5 aromatic carbocycles. The van der Waals surface area contributed by atoms with Crippen molar-refractivity contribution in [3.8, 4) is 50.6 Å². The van der Waals surface area contributed by atoms with E-state index in [0.29, 0.717) is 11.1 Å². The molecule has 3 nitrogen and oxygen atoms in total. The predicted octanol–water partition coefficient (Wildman–Crippen LogP) is 7.30. The van der Waals surface area contributed by atoms with E-state index in [1.807, 2.05) is 60.7 Å². The highest BCUT2D eigenvalue weighted by Gasteiger charge is 2.35. The minimum absolute atomic E-state index is 0.166. The molecule has 0 aliphatic heterocycles. The lowest BCUT2D eigenvalue weighted by Crippen LogP contribution is -2.03. The summed E-state index contributed by atoms with van der Waals surface area (Å²) in [6.45, 7) is 0. The van der Waals surface area contributed by atoms with Crippen LogP contribution in [0, 0.1) is 0 Å². The van der Waals surface area contributed by atoms with E-state index in [4.69, 9.17) is 0 Å². The molecule has 1 atom stereocenters. The van der Waals surface area contributed by atoms with Crippen molar-refractivity contribution in [2.24, 2.45) is 0 Å². The second-order valence-electron chi connectivity index (χ2n) is 8.56. The summed E-state index contributed by atoms with van der Waals surface area (Å²) in [5.74, 6) is 0.340. The van der Waals surface area contributed by atoms with E-state index in [1.165, 1.54) is 0 Å². The first kappa shape index (κ1) is 20.1. The second-order valence-corrected chi connectivity index (χ2v) is 8.56. The molecule has 0 aromatic heterocycles. The molecule has 164 valence electrons. The SMILES string of the molecule is Oc1ccccc1-c1ccc2c(c1-c1ccccc1O)C(c1ccccc1O)c1ccccc1-2. The van der Waals surface area contributed by atoms with Gasteiger partial charge in [0.25, 0.3) is 0 Å². The Morgan fingerprint density at radius 1 is 0.382 bits per heavy atom. The fourth-order valence-electron chi connectivity index (χ4n) is 5.26. The molecule has 0 saturated carbocycles. The van der Waals surface area contributed by atoms with E-state index in [9.17, 15) is 15.3 Å². The lowest BCUT2D eigenvalue weighted by molar-refractivity contribution is 0.467. The summed E-state index contributed by atoms with van der Waals surface area (Å²) in [6.07, 6.45) is 0. The van der Waals surface area contributed by atoms with Gasteiger partial charge in [-0.25, -0.2) is 0 Å². The summed E-state index contributed by atoms with van der Waals surface area (Å²) in [6, 6.07) is 34.3. The first-order valence-electron chi connectivity index (χ1n) is 11.3. The molecule has 0 spiro atoms. The van der Waals surface area contributed by atoms with Gasteiger partial charge in [0.15, 0.2) is 0 Å². The van der Waals surface area contributed by atoms with Gasteiger partial charge in [0.1, 0.15) is 17.2 Å². The van der Waals surface area contributed by atoms with Crippen molar-refractivity contribution in [3.63, 3.8) is 0 Å². The summed E-state index contributed by atoms with van der Waals surface area (Å²) >= 11 is 0. The molecule has 0 saturated heterocycles. The van der Waals surface area contributed by atoms with Gasteiger partial charge in [-0.3, -0.25) is 0 Å². The Morgan fingerprint density at radius 3 is 1.53 bits per heavy atom. The molecule has 0 bridgehead atoms. The Hall–Kier alpha value is -4.50. The molecule has 1 unspecified atom stereocenters. The molecule has 1 aliphatic rings. The van der Waals surface area contributed by atoms with E-state index < -0.39 is 0 Å². The highest BCUT2D eigenvalue weighted by atomic mass is 16.3. The summed E-state index contributed by atoms with van der Waals surface area (Å²) in [4.78, 5) is 0. The second kappa shape index (κ2) is 7.82. The smallest absolute Gasteiger partial charge is 0.123 e. The van der Waals surface area contributed by atoms with Gasteiger partial charge in [-0.1, -0.05) is 91.0 Å². The Labute approximate surface area is 197 Å². The molecule has 0 radical (unpaired) electrons. The monoisotopic (exact) mass is 442 g/mol. The van der Waals surface area contributed by atoms with Crippen molar-refractivity contribution in [2.75, 3.05) is 0 Å². The molecule has 6 rings (SSSR count). The fourth-order valence-corrected chi connectivity index (χ4v) is 5.26. The predicted molar refractivity (Wildman–Crippen MR) is 135 cm³/mol. The lowest BCUT2D eigenvalue weighted by atomic mass is 9.81. The summed E-state index contributed by atoms with van der Waals surface area (Å²) in [5, 5.41) is 32.6. The first-order chi connectivity index (χ1) is 16.6. The minimum Gasteiger partial charge on any atom is -0.508 e. The number of rotatable bonds is 3. The molecule has 3 heteroatoms. The van der Waals surface area contributed by atoms with Crippen LogP contribution < -0.4 is 0 Å². The van der Waals surface area contributed by atoms with Crippen LogP contribution in [0.15, 0.2) is 109 Å². The number of fused-ring (bicyclic) bond motifs is 3. The quantitative estimate of drug-likeness (QED) is 0.269. The number of para-hydroxylation sites is 3. The van der Waals surface area contributed by atoms with Crippen molar-refractivity contribution in [1.82, 2.24) is 0 Å². The molecule has 3 N–H and O–H groups in total. The Balaban J connectivity index is 1.77. The Kier molecular flexibility index (Phi) is 4.63. The number of hydrogen-bond donors (Lipinski definition) is 3. The lowest BCUT2D eigenvalue weighted by Gasteiger charge is -2.22. The Morgan fingerprint density at radius 2 is 0.882 bits per heavy atom. The average Bonchev–Trinajstić information content (AvgIpc) is 3.19. The molecule has 1 aliphatic carbocycles. The van der Waals surface area contributed by atoms with Crippen LogP contribution in [-0.4, -0.2) is 15.3 Å². The first-order valence-corrected chi connectivity index (χ1v) is 11.3. The van der Waals surface area contributed by atoms with E-state index >= 15 is 0 Å². The van der Waals surface area contributed by atoms with Gasteiger partial charge in [0, 0.05) is 22.6 Å². The maximum Gasteiger partial charge on any atom is 0.123 e. The summed E-state index contributed by atoms with van der Waals surface area (Å²) < 4.78 is 0. The summed E-state index contributed by atoms with van der Waals surface area (Å²) in [5.41, 5.74) is 8.12. The standard InChI is InChI=1S/C31H22O3/c32-26-14-6-3-10-20(26)23-18-17-22-19-9-1-2-11-21(19)29(24-12-4-7-15-27(24)33)31(22)30(23)25-13-5-8-16-28(25)34/h1-18,29,32-34H. The minimum atomic E-state index is -0.229. The number of phenolic OH excluding ortho intramolecular Hbond substituents is 3. The molecular formula is C31H22O3. The van der Waals surface area contributed by atoms with Crippen LogP contribution in [0.2, 0.25) is 0 Å². The molecule has 0 heterocycles. The topological polar surface area (TPSA) is 60.7 Å². The highest BCUT2D eigenvalue weighted by molar-refractivity contribution is 5.97. The van der Waals surface area contributed by atoms with Gasteiger partial charge in [-0.2, -0.15) is 0 Å². The third kappa shape index (κ3) is 2.98. The van der Waals surface area contributed by atoms with Gasteiger partial charge >= 0.3 is 0 Å². The van der Waals surface area contributed by atoms with E-state index in [2.05, 4.69) is 18.2 Å². The zero-order valence-corrected chi connectivity index (χ0v) is 18.3. The van der Waals surface area contributed by atoms with E-state index in [1.54, 1.807) is 30.3 Å². The van der Waals surface area contributed by atoms with Crippen LogP contribution in [0.4, 0.5) is 0 Å². The molecule has 0 amide bonds. The number of phenols is 3. The fraction of sp³-hybridized carbons (Fsp3) is 0.0323. The normalized spacial score (nSPS) is 13.9. The third-order valence-corrected chi connectivity index (χ3v) is 6.71. The molecular weight excluding hydrogens is 420 g/mol. The van der Waals surface area contributed by atoms with Crippen molar-refractivity contribution in [3.05, 3.63) is 126 Å². The van der Waals surface area contributed by atoms with Gasteiger partial charge < -0.3 is 15.3 Å². The molecule has 5 aromatic rings. The van der Waals surface area contributed by atoms with Crippen LogP contribution >= 0.6 is 0 Å². The maximum atomic E-state index is 11.0. The van der Waals surface area contributed by atoms with Crippen LogP contribution in [0.1, 0.15) is 22.6 Å². The van der Waals surface area contributed by atoms with Gasteiger partial charge in [-0.05, 0) is 51.6 Å². The largest absolute Gasteiger partial charge is 0.508 e. The van der Waals surface area contributed by atoms with Crippen LogP contribution in [0.3, 0.4) is 0 Å². The van der Waals surface area contributed by atoms with Crippen LogP contribution in [0.25, 0.3) is 33.4 Å². The van der Waals surface area contributed by atoms with E-state index in [0.717, 1.165) is 38.9 Å². The zero-order chi connectivity index (χ0) is 23.2. The number of benzene rings is 5. The number of aromatic hydroxyl groups is 3. The van der Waals surface area contributed by atoms with Crippen molar-refractivity contribution in [1.29, 1.82) is 0 Å². The molecule has 0 fully saturated rings. The van der Waals surface area contributed by atoms with Gasteiger partial charge in [0.05, 0.1) is 0 Å².